The molecule has 0 atom stereocenters. The van der Waals surface area contributed by atoms with E-state index in [-0.39, 0.29) is 0 Å². The van der Waals surface area contributed by atoms with E-state index < -0.39 is 0 Å². The lowest BCUT2D eigenvalue weighted by Gasteiger charge is -2.06. The molecule has 0 aliphatic heterocycles. The monoisotopic (exact) mass is 243 g/mol. The number of hydrogen-bond acceptors (Lipinski definition) is 5. The smallest absolute Gasteiger partial charge is 0.148 e. The number of rotatable bonds is 7. The maximum atomic E-state index is 4.07. The summed E-state index contributed by atoms with van der Waals surface area (Å²) in [6.45, 7) is 2.71. The number of nitrogens with one attached hydrogen (secondary N) is 2. The molecule has 0 amide bonds. The Morgan fingerprint density at radius 1 is 1.06 bits per heavy atom. The van der Waals surface area contributed by atoms with Crippen LogP contribution in [0.25, 0.3) is 0 Å². The highest BCUT2D eigenvalue weighted by molar-refractivity contribution is 5.30. The van der Waals surface area contributed by atoms with Gasteiger partial charge in [-0.3, -0.25) is 4.98 Å². The second-order valence-corrected chi connectivity index (χ2v) is 3.93. The molecule has 2 heterocycles. The molecule has 0 aliphatic carbocycles. The Kier molecular flexibility index (Phi) is 5.08. The summed E-state index contributed by atoms with van der Waals surface area (Å²) in [5.74, 6) is 0.824. The highest BCUT2D eigenvalue weighted by Gasteiger charge is 1.93. The van der Waals surface area contributed by atoms with Gasteiger partial charge >= 0.3 is 0 Å². The zero-order valence-corrected chi connectivity index (χ0v) is 10.2. The average Bonchev–Trinajstić information content (AvgIpc) is 2.45. The minimum Gasteiger partial charge on any atom is -0.369 e. The first kappa shape index (κ1) is 12.4. The molecule has 0 spiro atoms. The quantitative estimate of drug-likeness (QED) is 0.721. The molecular weight excluding hydrogens is 226 g/mol. The largest absolute Gasteiger partial charge is 0.369 e. The Morgan fingerprint density at radius 2 is 2.00 bits per heavy atom. The fourth-order valence-corrected chi connectivity index (χ4v) is 1.56. The highest BCUT2D eigenvalue weighted by Crippen LogP contribution is 1.97. The van der Waals surface area contributed by atoms with Crippen LogP contribution in [0.15, 0.2) is 42.9 Å². The molecule has 2 aromatic rings. The van der Waals surface area contributed by atoms with E-state index in [1.54, 1.807) is 12.4 Å². The topological polar surface area (TPSA) is 62.7 Å². The predicted molar refractivity (Wildman–Crippen MR) is 71.1 cm³/mol. The molecule has 0 fully saturated rings. The zero-order chi connectivity index (χ0) is 12.5. The van der Waals surface area contributed by atoms with Crippen molar-refractivity contribution in [1.29, 1.82) is 0 Å². The van der Waals surface area contributed by atoms with Gasteiger partial charge in [0.1, 0.15) is 5.82 Å². The molecule has 0 aromatic carbocycles. The molecule has 94 valence electrons. The van der Waals surface area contributed by atoms with E-state index in [4.69, 9.17) is 0 Å². The predicted octanol–water partition coefficient (Wildman–Crippen LogP) is 1.46. The first-order chi connectivity index (χ1) is 8.95. The second-order valence-electron chi connectivity index (χ2n) is 3.93. The normalized spacial score (nSPS) is 10.2. The van der Waals surface area contributed by atoms with Gasteiger partial charge in [-0.25, -0.2) is 0 Å². The Balaban J connectivity index is 1.54. The number of hydrogen-bond donors (Lipinski definition) is 2. The summed E-state index contributed by atoms with van der Waals surface area (Å²) in [7, 11) is 0. The lowest BCUT2D eigenvalue weighted by atomic mass is 10.3. The molecule has 0 saturated heterocycles. The Labute approximate surface area is 107 Å². The van der Waals surface area contributed by atoms with E-state index in [1.165, 1.54) is 5.56 Å². The van der Waals surface area contributed by atoms with Crippen molar-refractivity contribution in [3.05, 3.63) is 48.4 Å². The van der Waals surface area contributed by atoms with Crippen molar-refractivity contribution in [2.45, 2.75) is 13.0 Å². The fraction of sp³-hybridized carbons (Fsp3) is 0.308. The molecule has 2 rings (SSSR count). The van der Waals surface area contributed by atoms with Crippen molar-refractivity contribution < 1.29 is 0 Å². The molecule has 18 heavy (non-hydrogen) atoms. The van der Waals surface area contributed by atoms with E-state index in [1.807, 2.05) is 24.4 Å². The van der Waals surface area contributed by atoms with Gasteiger partial charge in [-0.05, 0) is 36.7 Å². The first-order valence-corrected chi connectivity index (χ1v) is 6.06. The third-order valence-corrected chi connectivity index (χ3v) is 2.46. The summed E-state index contributed by atoms with van der Waals surface area (Å²) in [5.41, 5.74) is 1.21. The van der Waals surface area contributed by atoms with E-state index in [0.717, 1.165) is 31.9 Å². The second kappa shape index (κ2) is 7.34. The van der Waals surface area contributed by atoms with Gasteiger partial charge in [-0.1, -0.05) is 6.07 Å². The summed E-state index contributed by atoms with van der Waals surface area (Å²) in [6, 6.07) is 7.80. The molecule has 0 unspecified atom stereocenters. The molecule has 0 bridgehead atoms. The van der Waals surface area contributed by atoms with Crippen molar-refractivity contribution in [1.82, 2.24) is 20.5 Å². The molecule has 2 N–H and O–H groups in total. The standard InChI is InChI=1S/C13H17N5/c1-4-12(10-14-6-1)11-15-7-3-8-16-13-5-2-9-17-18-13/h1-2,4-6,9-10,15H,3,7-8,11H2,(H,16,18). The van der Waals surface area contributed by atoms with E-state index in [2.05, 4.69) is 31.9 Å². The van der Waals surface area contributed by atoms with Crippen LogP contribution in [0.4, 0.5) is 5.82 Å². The lowest BCUT2D eigenvalue weighted by molar-refractivity contribution is 0.661. The third kappa shape index (κ3) is 4.47. The van der Waals surface area contributed by atoms with Crippen LogP contribution >= 0.6 is 0 Å². The Hall–Kier alpha value is -2.01. The third-order valence-electron chi connectivity index (χ3n) is 2.46. The van der Waals surface area contributed by atoms with Gasteiger partial charge in [0, 0.05) is 31.7 Å². The maximum Gasteiger partial charge on any atom is 0.148 e. The van der Waals surface area contributed by atoms with Crippen molar-refractivity contribution >= 4 is 5.82 Å². The highest BCUT2D eigenvalue weighted by atomic mass is 15.2. The summed E-state index contributed by atoms with van der Waals surface area (Å²) < 4.78 is 0. The summed E-state index contributed by atoms with van der Waals surface area (Å²) in [5, 5.41) is 14.3. The number of nitrogens with zero attached hydrogens (tertiary/aromatic N) is 3. The molecule has 0 saturated carbocycles. The Bertz CT molecular complexity index is 388. The van der Waals surface area contributed by atoms with Crippen LogP contribution in [0, 0.1) is 0 Å². The van der Waals surface area contributed by atoms with Gasteiger partial charge in [0.2, 0.25) is 0 Å². The molecule has 2 aromatic heterocycles. The fourth-order valence-electron chi connectivity index (χ4n) is 1.56. The molecular formula is C13H17N5. The van der Waals surface area contributed by atoms with Crippen LogP contribution in [0.2, 0.25) is 0 Å². The van der Waals surface area contributed by atoms with Crippen LogP contribution in [0.1, 0.15) is 12.0 Å². The van der Waals surface area contributed by atoms with Gasteiger partial charge in [-0.15, -0.1) is 5.10 Å². The number of anilines is 1. The van der Waals surface area contributed by atoms with Crippen LogP contribution in [-0.4, -0.2) is 28.3 Å². The summed E-state index contributed by atoms with van der Waals surface area (Å²) in [4.78, 5) is 4.07. The van der Waals surface area contributed by atoms with Gasteiger partial charge in [0.15, 0.2) is 0 Å². The molecule has 5 heteroatoms. The van der Waals surface area contributed by atoms with Crippen LogP contribution in [0.3, 0.4) is 0 Å². The van der Waals surface area contributed by atoms with Gasteiger partial charge in [-0.2, -0.15) is 5.10 Å². The first-order valence-electron chi connectivity index (χ1n) is 6.06. The minimum atomic E-state index is 0.824. The summed E-state index contributed by atoms with van der Waals surface area (Å²) >= 11 is 0. The SMILES string of the molecule is c1cncc(CNCCCNc2cccnn2)c1. The van der Waals surface area contributed by atoms with E-state index in [9.17, 15) is 0 Å². The zero-order valence-electron chi connectivity index (χ0n) is 10.2. The minimum absolute atomic E-state index is 0.824. The van der Waals surface area contributed by atoms with Crippen LogP contribution in [-0.2, 0) is 6.54 Å². The van der Waals surface area contributed by atoms with Crippen molar-refractivity contribution in [3.8, 4) is 0 Å². The number of pyridine rings is 1. The molecule has 0 aliphatic rings. The average molecular weight is 243 g/mol. The van der Waals surface area contributed by atoms with Crippen LogP contribution < -0.4 is 10.6 Å². The summed E-state index contributed by atoms with van der Waals surface area (Å²) in [6.07, 6.45) is 6.37. The van der Waals surface area contributed by atoms with Gasteiger partial charge in [0.05, 0.1) is 0 Å². The number of aromatic nitrogens is 3. The molecule has 0 radical (unpaired) electrons. The van der Waals surface area contributed by atoms with Gasteiger partial charge in [0.25, 0.3) is 0 Å². The van der Waals surface area contributed by atoms with Crippen LogP contribution in [0.5, 0.6) is 0 Å². The van der Waals surface area contributed by atoms with E-state index >= 15 is 0 Å². The van der Waals surface area contributed by atoms with E-state index in [0.29, 0.717) is 0 Å². The lowest BCUT2D eigenvalue weighted by Crippen LogP contribution is -2.18. The van der Waals surface area contributed by atoms with Crippen molar-refractivity contribution in [2.75, 3.05) is 18.4 Å². The van der Waals surface area contributed by atoms with Crippen molar-refractivity contribution in [3.63, 3.8) is 0 Å². The molecule has 5 nitrogen and oxygen atoms in total. The maximum absolute atomic E-state index is 4.07. The van der Waals surface area contributed by atoms with Gasteiger partial charge < -0.3 is 10.6 Å². The van der Waals surface area contributed by atoms with Crippen molar-refractivity contribution in [2.24, 2.45) is 0 Å². The Morgan fingerprint density at radius 3 is 2.78 bits per heavy atom.